The van der Waals surface area contributed by atoms with Crippen molar-refractivity contribution in [1.82, 2.24) is 0 Å². The van der Waals surface area contributed by atoms with Crippen LogP contribution in [0.1, 0.15) is 17.3 Å². The molecular weight excluding hydrogens is 352 g/mol. The molecule has 0 bridgehead atoms. The van der Waals surface area contributed by atoms with Gasteiger partial charge in [0.15, 0.2) is 23.4 Å². The summed E-state index contributed by atoms with van der Waals surface area (Å²) in [5.74, 6) is -1.73. The largest absolute Gasteiger partial charge is 0.493 e. The number of carboxylic acids is 1. The molecule has 1 heterocycles. The molecule has 1 aliphatic rings. The summed E-state index contributed by atoms with van der Waals surface area (Å²) in [4.78, 5) is 22.8. The molecule has 144 valence electrons. The number of carbonyl (C=O) groups is 2. The zero-order valence-corrected chi connectivity index (χ0v) is 14.3. The van der Waals surface area contributed by atoms with E-state index in [-0.39, 0.29) is 28.6 Å². The highest BCUT2D eigenvalue weighted by molar-refractivity contribution is 5.95. The maximum atomic E-state index is 11.6. The summed E-state index contributed by atoms with van der Waals surface area (Å²) in [7, 11) is 2.62. The molecule has 0 spiro atoms. The Labute approximate surface area is 148 Å². The van der Waals surface area contributed by atoms with E-state index in [4.69, 9.17) is 24.1 Å². The van der Waals surface area contributed by atoms with Crippen LogP contribution in [-0.4, -0.2) is 77.1 Å². The van der Waals surface area contributed by atoms with Gasteiger partial charge in [0.25, 0.3) is 0 Å². The van der Waals surface area contributed by atoms with Crippen LogP contribution in [0.5, 0.6) is 17.2 Å². The van der Waals surface area contributed by atoms with Crippen LogP contribution in [0.4, 0.5) is 0 Å². The van der Waals surface area contributed by atoms with Crippen molar-refractivity contribution in [3.63, 3.8) is 0 Å². The quantitative estimate of drug-likeness (QED) is 0.466. The molecule has 1 saturated heterocycles. The zero-order chi connectivity index (χ0) is 19.6. The standard InChI is InChI=1S/C16H20O10/c1-6(17)7-4-8(23-2)13(9(5-7)24-3)25-16-12(20)10(18)11(19)14(26-16)15(21)22/h4-5,10-12,14,16,18-20H,1-3H3,(H,21,22). The van der Waals surface area contributed by atoms with E-state index >= 15 is 0 Å². The number of aliphatic hydroxyl groups is 3. The molecule has 5 unspecified atom stereocenters. The van der Waals surface area contributed by atoms with E-state index in [2.05, 4.69) is 0 Å². The number of carboxylic acid groups (broad SMARTS) is 1. The molecule has 5 atom stereocenters. The number of rotatable bonds is 6. The molecule has 2 rings (SSSR count). The first-order chi connectivity index (χ1) is 12.2. The van der Waals surface area contributed by atoms with Crippen molar-refractivity contribution in [2.24, 2.45) is 0 Å². The lowest BCUT2D eigenvalue weighted by Crippen LogP contribution is -2.61. The van der Waals surface area contributed by atoms with Crippen LogP contribution < -0.4 is 14.2 Å². The van der Waals surface area contributed by atoms with Gasteiger partial charge >= 0.3 is 5.97 Å². The third kappa shape index (κ3) is 3.73. The SMILES string of the molecule is COc1cc(C(C)=O)cc(OC)c1OC1OC(C(=O)O)C(O)C(O)C1O. The summed E-state index contributed by atoms with van der Waals surface area (Å²) in [6, 6.07) is 2.74. The van der Waals surface area contributed by atoms with Crippen LogP contribution in [0.2, 0.25) is 0 Å². The molecule has 4 N–H and O–H groups in total. The van der Waals surface area contributed by atoms with E-state index in [1.807, 2.05) is 0 Å². The molecule has 1 fully saturated rings. The zero-order valence-electron chi connectivity index (χ0n) is 14.3. The van der Waals surface area contributed by atoms with Crippen molar-refractivity contribution in [3.8, 4) is 17.2 Å². The molecule has 0 radical (unpaired) electrons. The molecule has 26 heavy (non-hydrogen) atoms. The number of Topliss-reactive ketones (excluding diaryl/α,β-unsaturated/α-hetero) is 1. The average Bonchev–Trinajstić information content (AvgIpc) is 2.61. The van der Waals surface area contributed by atoms with Crippen molar-refractivity contribution in [3.05, 3.63) is 17.7 Å². The number of aliphatic carboxylic acids is 1. The van der Waals surface area contributed by atoms with E-state index < -0.39 is 36.7 Å². The van der Waals surface area contributed by atoms with Crippen molar-refractivity contribution in [2.75, 3.05) is 14.2 Å². The van der Waals surface area contributed by atoms with Gasteiger partial charge in [-0.25, -0.2) is 4.79 Å². The van der Waals surface area contributed by atoms with Gasteiger partial charge in [-0.1, -0.05) is 0 Å². The smallest absolute Gasteiger partial charge is 0.335 e. The van der Waals surface area contributed by atoms with Crippen LogP contribution in [0, 0.1) is 0 Å². The van der Waals surface area contributed by atoms with Crippen molar-refractivity contribution >= 4 is 11.8 Å². The topological polar surface area (TPSA) is 152 Å². The second-order valence-corrected chi connectivity index (χ2v) is 5.62. The summed E-state index contributed by atoms with van der Waals surface area (Å²) in [5.41, 5.74) is 0.273. The third-order valence-corrected chi connectivity index (χ3v) is 3.91. The Kier molecular flexibility index (Phi) is 6.03. The normalized spacial score (nSPS) is 28.3. The van der Waals surface area contributed by atoms with Gasteiger partial charge < -0.3 is 39.4 Å². The molecule has 0 amide bonds. The summed E-state index contributed by atoms with van der Waals surface area (Å²) in [5, 5.41) is 38.7. The predicted octanol–water partition coefficient (Wildman–Crippen LogP) is -0.823. The number of benzene rings is 1. The van der Waals surface area contributed by atoms with Crippen LogP contribution >= 0.6 is 0 Å². The molecule has 1 aromatic carbocycles. The number of methoxy groups -OCH3 is 2. The lowest BCUT2D eigenvalue weighted by atomic mass is 9.99. The number of ketones is 1. The van der Waals surface area contributed by atoms with E-state index in [0.29, 0.717) is 0 Å². The first-order valence-corrected chi connectivity index (χ1v) is 7.57. The molecule has 10 nitrogen and oxygen atoms in total. The average molecular weight is 372 g/mol. The van der Waals surface area contributed by atoms with Crippen molar-refractivity contribution in [1.29, 1.82) is 0 Å². The lowest BCUT2D eigenvalue weighted by Gasteiger charge is -2.38. The Morgan fingerprint density at radius 2 is 1.54 bits per heavy atom. The van der Waals surface area contributed by atoms with Crippen LogP contribution in [0.25, 0.3) is 0 Å². The Morgan fingerprint density at radius 3 is 1.96 bits per heavy atom. The van der Waals surface area contributed by atoms with Gasteiger partial charge in [-0.05, 0) is 19.1 Å². The van der Waals surface area contributed by atoms with Gasteiger partial charge in [-0.2, -0.15) is 0 Å². The Bertz CT molecular complexity index is 663. The fraction of sp³-hybridized carbons (Fsp3) is 0.500. The van der Waals surface area contributed by atoms with Crippen LogP contribution in [0.15, 0.2) is 12.1 Å². The van der Waals surface area contributed by atoms with Gasteiger partial charge in [0.05, 0.1) is 14.2 Å². The fourth-order valence-corrected chi connectivity index (χ4v) is 2.46. The number of ether oxygens (including phenoxy) is 4. The molecule has 0 aromatic heterocycles. The molecular formula is C16H20O10. The molecule has 1 aliphatic heterocycles. The second kappa shape index (κ2) is 7.87. The van der Waals surface area contributed by atoms with Gasteiger partial charge in [0, 0.05) is 5.56 Å². The summed E-state index contributed by atoms with van der Waals surface area (Å²) >= 11 is 0. The van der Waals surface area contributed by atoms with E-state index in [1.54, 1.807) is 0 Å². The van der Waals surface area contributed by atoms with Gasteiger partial charge in [0.2, 0.25) is 12.0 Å². The monoisotopic (exact) mass is 372 g/mol. The molecule has 0 saturated carbocycles. The van der Waals surface area contributed by atoms with Crippen molar-refractivity contribution < 1.29 is 49.0 Å². The van der Waals surface area contributed by atoms with E-state index in [1.165, 1.54) is 33.3 Å². The first kappa shape index (κ1) is 19.9. The Hall–Kier alpha value is -2.40. The number of carbonyl (C=O) groups excluding carboxylic acids is 1. The number of aliphatic hydroxyl groups excluding tert-OH is 3. The number of hydrogen-bond donors (Lipinski definition) is 4. The van der Waals surface area contributed by atoms with Gasteiger partial charge in [0.1, 0.15) is 18.3 Å². The molecule has 10 heteroatoms. The summed E-state index contributed by atoms with van der Waals surface area (Å²) < 4.78 is 20.9. The molecule has 1 aromatic rings. The van der Waals surface area contributed by atoms with Crippen molar-refractivity contribution in [2.45, 2.75) is 37.6 Å². The lowest BCUT2D eigenvalue weighted by molar-refractivity contribution is -0.271. The van der Waals surface area contributed by atoms with Gasteiger partial charge in [-0.3, -0.25) is 4.79 Å². The van der Waals surface area contributed by atoms with Gasteiger partial charge in [-0.15, -0.1) is 0 Å². The first-order valence-electron chi connectivity index (χ1n) is 7.57. The minimum absolute atomic E-state index is 0.0674. The third-order valence-electron chi connectivity index (χ3n) is 3.91. The summed E-state index contributed by atoms with van der Waals surface area (Å²) in [6.45, 7) is 1.35. The predicted molar refractivity (Wildman–Crippen MR) is 84.5 cm³/mol. The Balaban J connectivity index is 2.39. The highest BCUT2D eigenvalue weighted by Crippen LogP contribution is 2.40. The van der Waals surface area contributed by atoms with Crippen LogP contribution in [-0.2, 0) is 9.53 Å². The fourth-order valence-electron chi connectivity index (χ4n) is 2.46. The van der Waals surface area contributed by atoms with E-state index in [0.717, 1.165) is 0 Å². The minimum atomic E-state index is -1.84. The highest BCUT2D eigenvalue weighted by Gasteiger charge is 2.48. The maximum Gasteiger partial charge on any atom is 0.335 e. The number of hydrogen-bond acceptors (Lipinski definition) is 9. The van der Waals surface area contributed by atoms with Crippen LogP contribution in [0.3, 0.4) is 0 Å². The molecule has 0 aliphatic carbocycles. The maximum absolute atomic E-state index is 11.6. The van der Waals surface area contributed by atoms with E-state index in [9.17, 15) is 24.9 Å². The second-order valence-electron chi connectivity index (χ2n) is 5.62. The Morgan fingerprint density at radius 1 is 1.00 bits per heavy atom. The highest BCUT2D eigenvalue weighted by atomic mass is 16.7. The minimum Gasteiger partial charge on any atom is -0.493 e. The summed E-state index contributed by atoms with van der Waals surface area (Å²) in [6.07, 6.45) is -8.86.